The van der Waals surface area contributed by atoms with Gasteiger partial charge in [0.25, 0.3) is 0 Å². The highest BCUT2D eigenvalue weighted by molar-refractivity contribution is 6.31. The van der Waals surface area contributed by atoms with E-state index in [1.54, 1.807) is 6.33 Å². The lowest BCUT2D eigenvalue weighted by Gasteiger charge is -2.37. The molecule has 2 aromatic heterocycles. The number of halogens is 1. The van der Waals surface area contributed by atoms with Crippen LogP contribution in [0.15, 0.2) is 24.5 Å². The Labute approximate surface area is 185 Å². The first-order valence-corrected chi connectivity index (χ1v) is 11.3. The number of hydrogen-bond acceptors (Lipinski definition) is 5. The van der Waals surface area contributed by atoms with Crippen LogP contribution in [0.5, 0.6) is 0 Å². The van der Waals surface area contributed by atoms with Crippen molar-refractivity contribution >= 4 is 28.5 Å². The minimum absolute atomic E-state index is 0.0178. The summed E-state index contributed by atoms with van der Waals surface area (Å²) in [5.74, 6) is 2.16. The molecule has 2 saturated heterocycles. The summed E-state index contributed by atoms with van der Waals surface area (Å²) in [6, 6.07) is 5.58. The Morgan fingerprint density at radius 2 is 2.19 bits per heavy atom. The highest BCUT2D eigenvalue weighted by atomic mass is 35.5. The molecule has 1 amide bonds. The number of carbonyl (C=O) groups is 1. The summed E-state index contributed by atoms with van der Waals surface area (Å²) in [5.41, 5.74) is 1.79. The standard InChI is InChI=1S/C22H27ClN6O2/c1-2-28-14-24-27-21(28)16-12-29(13-22(16)7-9-31-10-8-22)20(30)6-5-19-25-17-4-3-15(23)11-18(17)26-19/h3-4,11,14,16H,2,5-10,12-13H2,1H3,(H,25,26). The molecule has 2 aliphatic heterocycles. The van der Waals surface area contributed by atoms with Crippen LogP contribution in [-0.2, 0) is 22.5 Å². The number of nitrogens with one attached hydrogen (secondary N) is 1. The number of nitrogens with zero attached hydrogens (tertiary/aromatic N) is 5. The van der Waals surface area contributed by atoms with Crippen LogP contribution in [0, 0.1) is 5.41 Å². The van der Waals surface area contributed by atoms with E-state index in [1.165, 1.54) is 0 Å². The average molecular weight is 443 g/mol. The number of H-pyrrole nitrogens is 1. The number of hydrogen-bond donors (Lipinski definition) is 1. The van der Waals surface area contributed by atoms with Gasteiger partial charge in [0.15, 0.2) is 0 Å². The zero-order chi connectivity index (χ0) is 21.4. The molecule has 1 N–H and O–H groups in total. The van der Waals surface area contributed by atoms with Crippen molar-refractivity contribution in [3.8, 4) is 0 Å². The van der Waals surface area contributed by atoms with Gasteiger partial charge in [-0.15, -0.1) is 10.2 Å². The molecule has 5 rings (SSSR count). The van der Waals surface area contributed by atoms with Gasteiger partial charge in [-0.1, -0.05) is 11.6 Å². The number of rotatable bonds is 5. The van der Waals surface area contributed by atoms with Crippen LogP contribution in [0.3, 0.4) is 0 Å². The Morgan fingerprint density at radius 1 is 1.35 bits per heavy atom. The fourth-order valence-electron chi connectivity index (χ4n) is 5.11. The first-order valence-electron chi connectivity index (χ1n) is 11.0. The molecule has 1 spiro atoms. The average Bonchev–Trinajstić information content (AvgIpc) is 3.49. The number of aromatic amines is 1. The van der Waals surface area contributed by atoms with E-state index in [1.807, 2.05) is 23.1 Å². The van der Waals surface area contributed by atoms with Crippen molar-refractivity contribution < 1.29 is 9.53 Å². The van der Waals surface area contributed by atoms with Crippen molar-refractivity contribution in [1.29, 1.82) is 0 Å². The molecule has 2 aliphatic rings. The van der Waals surface area contributed by atoms with Crippen LogP contribution < -0.4 is 0 Å². The molecule has 9 heteroatoms. The maximum absolute atomic E-state index is 13.2. The molecule has 1 aromatic carbocycles. The van der Waals surface area contributed by atoms with Gasteiger partial charge < -0.3 is 19.2 Å². The molecule has 2 fully saturated rings. The molecule has 1 atom stereocenters. The van der Waals surface area contributed by atoms with Gasteiger partial charge >= 0.3 is 0 Å². The number of aryl methyl sites for hydroxylation is 2. The molecular weight excluding hydrogens is 416 g/mol. The lowest BCUT2D eigenvalue weighted by Crippen LogP contribution is -2.37. The van der Waals surface area contributed by atoms with Crippen LogP contribution >= 0.6 is 11.6 Å². The van der Waals surface area contributed by atoms with E-state index in [0.717, 1.165) is 61.8 Å². The molecule has 164 valence electrons. The second-order valence-electron chi connectivity index (χ2n) is 8.62. The van der Waals surface area contributed by atoms with Crippen LogP contribution in [0.1, 0.15) is 43.8 Å². The molecule has 1 unspecified atom stereocenters. The van der Waals surface area contributed by atoms with Gasteiger partial charge in [-0.3, -0.25) is 4.79 Å². The molecule has 4 heterocycles. The Hall–Kier alpha value is -2.45. The van der Waals surface area contributed by atoms with E-state index in [-0.39, 0.29) is 17.2 Å². The predicted octanol–water partition coefficient (Wildman–Crippen LogP) is 3.18. The molecule has 0 aliphatic carbocycles. The zero-order valence-corrected chi connectivity index (χ0v) is 18.4. The third-order valence-corrected chi connectivity index (χ3v) is 7.09. The van der Waals surface area contributed by atoms with Gasteiger partial charge in [0.1, 0.15) is 18.0 Å². The SMILES string of the molecule is CCn1cnnc1C1CN(C(=O)CCc2nc3ccc(Cl)cc3[nH]2)CC12CCOCC2. The van der Waals surface area contributed by atoms with Crippen molar-refractivity contribution in [1.82, 2.24) is 29.6 Å². The fraction of sp³-hybridized carbons (Fsp3) is 0.545. The fourth-order valence-corrected chi connectivity index (χ4v) is 5.28. The van der Waals surface area contributed by atoms with E-state index in [2.05, 4.69) is 31.7 Å². The smallest absolute Gasteiger partial charge is 0.223 e. The van der Waals surface area contributed by atoms with Crippen molar-refractivity contribution in [2.24, 2.45) is 5.41 Å². The highest BCUT2D eigenvalue weighted by Crippen LogP contribution is 2.49. The summed E-state index contributed by atoms with van der Waals surface area (Å²) in [6.45, 7) is 5.84. The Morgan fingerprint density at radius 3 is 3.00 bits per heavy atom. The van der Waals surface area contributed by atoms with Crippen LogP contribution in [0.2, 0.25) is 5.02 Å². The number of imidazole rings is 1. The number of carbonyl (C=O) groups excluding carboxylic acids is 1. The first-order chi connectivity index (χ1) is 15.1. The van der Waals surface area contributed by atoms with E-state index >= 15 is 0 Å². The highest BCUT2D eigenvalue weighted by Gasteiger charge is 2.50. The van der Waals surface area contributed by atoms with Gasteiger partial charge in [0.2, 0.25) is 5.91 Å². The number of aromatic nitrogens is 5. The summed E-state index contributed by atoms with van der Waals surface area (Å²) in [4.78, 5) is 23.1. The topological polar surface area (TPSA) is 88.9 Å². The van der Waals surface area contributed by atoms with E-state index in [9.17, 15) is 4.79 Å². The minimum atomic E-state index is 0.0178. The molecule has 3 aromatic rings. The quantitative estimate of drug-likeness (QED) is 0.655. The second-order valence-corrected chi connectivity index (χ2v) is 9.06. The molecule has 0 saturated carbocycles. The number of likely N-dealkylation sites (tertiary alicyclic amines) is 1. The van der Waals surface area contributed by atoms with Gasteiger partial charge in [-0.2, -0.15) is 0 Å². The minimum Gasteiger partial charge on any atom is -0.381 e. The third-order valence-electron chi connectivity index (χ3n) is 6.86. The first kappa shape index (κ1) is 20.5. The lowest BCUT2D eigenvalue weighted by molar-refractivity contribution is -0.130. The Balaban J connectivity index is 1.31. The number of fused-ring (bicyclic) bond motifs is 1. The second kappa shape index (κ2) is 8.24. The normalized spacial score (nSPS) is 20.7. The van der Waals surface area contributed by atoms with E-state index in [4.69, 9.17) is 16.3 Å². The summed E-state index contributed by atoms with van der Waals surface area (Å²) in [7, 11) is 0. The lowest BCUT2D eigenvalue weighted by atomic mass is 9.71. The molecule has 8 nitrogen and oxygen atoms in total. The van der Waals surface area contributed by atoms with Crippen molar-refractivity contribution in [2.45, 2.75) is 45.1 Å². The number of benzene rings is 1. The summed E-state index contributed by atoms with van der Waals surface area (Å²) < 4.78 is 7.76. The van der Waals surface area contributed by atoms with Crippen LogP contribution in [0.4, 0.5) is 0 Å². The molecule has 0 bridgehead atoms. The number of amides is 1. The zero-order valence-electron chi connectivity index (χ0n) is 17.7. The summed E-state index contributed by atoms with van der Waals surface area (Å²) >= 11 is 6.06. The molecule has 0 radical (unpaired) electrons. The van der Waals surface area contributed by atoms with E-state index < -0.39 is 0 Å². The van der Waals surface area contributed by atoms with E-state index in [0.29, 0.717) is 24.4 Å². The number of ether oxygens (including phenoxy) is 1. The predicted molar refractivity (Wildman–Crippen MR) is 117 cm³/mol. The maximum Gasteiger partial charge on any atom is 0.223 e. The van der Waals surface area contributed by atoms with Crippen LogP contribution in [0.25, 0.3) is 11.0 Å². The maximum atomic E-state index is 13.2. The largest absolute Gasteiger partial charge is 0.381 e. The third kappa shape index (κ3) is 3.83. The van der Waals surface area contributed by atoms with Crippen molar-refractivity contribution in [3.63, 3.8) is 0 Å². The summed E-state index contributed by atoms with van der Waals surface area (Å²) in [5, 5.41) is 9.26. The Bertz CT molecular complexity index is 1090. The van der Waals surface area contributed by atoms with Crippen LogP contribution in [-0.4, -0.2) is 61.8 Å². The van der Waals surface area contributed by atoms with Crippen molar-refractivity contribution in [3.05, 3.63) is 41.2 Å². The van der Waals surface area contributed by atoms with Gasteiger partial charge in [0, 0.05) is 62.0 Å². The van der Waals surface area contributed by atoms with Gasteiger partial charge in [-0.05, 0) is 38.0 Å². The Kier molecular flexibility index (Phi) is 5.44. The van der Waals surface area contributed by atoms with Gasteiger partial charge in [-0.25, -0.2) is 4.98 Å². The molecule has 31 heavy (non-hydrogen) atoms. The molecular formula is C22H27ClN6O2. The summed E-state index contributed by atoms with van der Waals surface area (Å²) in [6.07, 6.45) is 4.69. The van der Waals surface area contributed by atoms with Crippen molar-refractivity contribution in [2.75, 3.05) is 26.3 Å². The van der Waals surface area contributed by atoms with Gasteiger partial charge in [0.05, 0.1) is 11.0 Å². The monoisotopic (exact) mass is 442 g/mol.